The molecule has 0 aliphatic rings. The molecule has 12 heteroatoms. The summed E-state index contributed by atoms with van der Waals surface area (Å²) in [6.07, 6.45) is 1.17. The molecule has 0 spiro atoms. The molecule has 1 heterocycles. The summed E-state index contributed by atoms with van der Waals surface area (Å²) in [7, 11) is -3.68. The summed E-state index contributed by atoms with van der Waals surface area (Å²) in [5.41, 5.74) is 2.34. The number of carbonyl (C=O) groups is 2. The van der Waals surface area contributed by atoms with Crippen LogP contribution in [0.25, 0.3) is 0 Å². The molecule has 0 atom stereocenters. The number of benzene rings is 2. The van der Waals surface area contributed by atoms with E-state index in [0.29, 0.717) is 10.8 Å². The van der Waals surface area contributed by atoms with E-state index in [1.54, 1.807) is 24.3 Å². The Kier molecular flexibility index (Phi) is 7.65. The average molecular weight is 495 g/mol. The monoisotopic (exact) mass is 494 g/mol. The topological polar surface area (TPSA) is 130 Å². The summed E-state index contributed by atoms with van der Waals surface area (Å²) in [5, 5.41) is 6.53. The fourth-order valence-corrected chi connectivity index (χ4v) is 3.69. The molecule has 3 N–H and O–H groups in total. The largest absolute Gasteiger partial charge is 0.459 e. The zero-order valence-electron chi connectivity index (χ0n) is 16.2. The van der Waals surface area contributed by atoms with Crippen molar-refractivity contribution in [3.05, 3.63) is 82.2 Å². The highest BCUT2D eigenvalue weighted by Gasteiger charge is 2.15. The van der Waals surface area contributed by atoms with Crippen LogP contribution in [0.5, 0.6) is 0 Å². The third-order valence-electron chi connectivity index (χ3n) is 3.91. The highest BCUT2D eigenvalue weighted by atomic mass is 35.5. The maximum Gasteiger partial charge on any atom is 0.329 e. The van der Waals surface area contributed by atoms with Gasteiger partial charge in [0.25, 0.3) is 0 Å². The van der Waals surface area contributed by atoms with Gasteiger partial charge in [0.05, 0.1) is 27.7 Å². The van der Waals surface area contributed by atoms with Gasteiger partial charge in [0.15, 0.2) is 0 Å². The van der Waals surface area contributed by atoms with Gasteiger partial charge in [-0.1, -0.05) is 41.4 Å². The average Bonchev–Trinajstić information content (AvgIpc) is 3.23. The molecule has 0 bridgehead atoms. The fraction of sp³-hybridized carbons (Fsp3) is 0.0500. The molecule has 9 nitrogen and oxygen atoms in total. The lowest BCUT2D eigenvalue weighted by molar-refractivity contribution is -0.136. The summed E-state index contributed by atoms with van der Waals surface area (Å²) in [6, 6.07) is 15.3. The third kappa shape index (κ3) is 6.41. The molecule has 0 saturated carbocycles. The molecule has 0 saturated heterocycles. The van der Waals surface area contributed by atoms with Crippen molar-refractivity contribution in [3.8, 4) is 0 Å². The molecule has 0 radical (unpaired) electrons. The second-order valence-corrected chi connectivity index (χ2v) is 8.81. The molecular formula is C20H16Cl2N4O5S. The number of hydrogen-bond acceptors (Lipinski definition) is 6. The molecule has 1 aromatic heterocycles. The number of hydrogen-bond donors (Lipinski definition) is 3. The quantitative estimate of drug-likeness (QED) is 0.264. The van der Waals surface area contributed by atoms with Crippen molar-refractivity contribution < 1.29 is 22.4 Å². The van der Waals surface area contributed by atoms with Crippen LogP contribution >= 0.6 is 23.2 Å². The first-order valence-electron chi connectivity index (χ1n) is 8.97. The number of rotatable bonds is 7. The molecule has 3 rings (SSSR count). The van der Waals surface area contributed by atoms with Gasteiger partial charge < -0.3 is 9.73 Å². The van der Waals surface area contributed by atoms with Gasteiger partial charge in [-0.25, -0.2) is 18.6 Å². The predicted octanol–water partition coefficient (Wildman–Crippen LogP) is 3.15. The molecule has 3 aromatic rings. The molecule has 0 unspecified atom stereocenters. The Hall–Kier alpha value is -3.18. The Morgan fingerprint density at radius 3 is 2.44 bits per heavy atom. The van der Waals surface area contributed by atoms with Crippen LogP contribution in [-0.4, -0.2) is 26.4 Å². The van der Waals surface area contributed by atoms with Crippen molar-refractivity contribution >= 4 is 56.9 Å². The first-order chi connectivity index (χ1) is 15.2. The smallest absolute Gasteiger partial charge is 0.329 e. The minimum Gasteiger partial charge on any atom is -0.459 e. The summed E-state index contributed by atoms with van der Waals surface area (Å²) in [4.78, 5) is 23.9. The number of sulfonamides is 1. The SMILES string of the molecule is O=C(N/N=C/c1ccc(CNS(=O)(=O)c2ccccc2)o1)C(=O)Nc1ccc(Cl)c(Cl)c1. The van der Waals surface area contributed by atoms with E-state index >= 15 is 0 Å². The van der Waals surface area contributed by atoms with Gasteiger partial charge >= 0.3 is 11.8 Å². The highest BCUT2D eigenvalue weighted by molar-refractivity contribution is 7.89. The second-order valence-electron chi connectivity index (χ2n) is 6.22. The van der Waals surface area contributed by atoms with Gasteiger partial charge in [-0.15, -0.1) is 0 Å². The van der Waals surface area contributed by atoms with Gasteiger partial charge in [-0.2, -0.15) is 5.10 Å². The summed E-state index contributed by atoms with van der Waals surface area (Å²) in [6.45, 7) is -0.0799. The number of anilines is 1. The minimum absolute atomic E-state index is 0.0799. The second kappa shape index (κ2) is 10.4. The summed E-state index contributed by atoms with van der Waals surface area (Å²) in [5.74, 6) is -1.41. The van der Waals surface area contributed by atoms with Crippen LogP contribution in [0.1, 0.15) is 11.5 Å². The van der Waals surface area contributed by atoms with Crippen LogP contribution < -0.4 is 15.5 Å². The van der Waals surface area contributed by atoms with E-state index in [-0.39, 0.29) is 27.9 Å². The van der Waals surface area contributed by atoms with Crippen LogP contribution in [0.3, 0.4) is 0 Å². The van der Waals surface area contributed by atoms with E-state index in [0.717, 1.165) is 0 Å². The Labute approximate surface area is 193 Å². The lowest BCUT2D eigenvalue weighted by Gasteiger charge is -2.05. The van der Waals surface area contributed by atoms with Crippen molar-refractivity contribution in [1.82, 2.24) is 10.1 Å². The lowest BCUT2D eigenvalue weighted by atomic mass is 10.3. The molecule has 2 amide bonds. The van der Waals surface area contributed by atoms with E-state index in [1.807, 2.05) is 0 Å². The fourth-order valence-electron chi connectivity index (χ4n) is 2.38. The van der Waals surface area contributed by atoms with Gasteiger partial charge in [0.2, 0.25) is 10.0 Å². The van der Waals surface area contributed by atoms with E-state index in [9.17, 15) is 18.0 Å². The molecule has 0 aliphatic heterocycles. The molecule has 32 heavy (non-hydrogen) atoms. The third-order valence-corrected chi connectivity index (χ3v) is 6.07. The van der Waals surface area contributed by atoms with E-state index in [2.05, 4.69) is 20.6 Å². The first kappa shape index (κ1) is 23.5. The van der Waals surface area contributed by atoms with E-state index in [4.69, 9.17) is 27.6 Å². The van der Waals surface area contributed by atoms with Crippen LogP contribution in [0.2, 0.25) is 10.0 Å². The molecule has 0 fully saturated rings. The Bertz CT molecular complexity index is 1260. The van der Waals surface area contributed by atoms with Crippen molar-refractivity contribution in [2.45, 2.75) is 11.4 Å². The van der Waals surface area contributed by atoms with Gasteiger partial charge in [0, 0.05) is 5.69 Å². The van der Waals surface area contributed by atoms with Crippen LogP contribution in [0.4, 0.5) is 5.69 Å². The Morgan fingerprint density at radius 2 is 1.72 bits per heavy atom. The highest BCUT2D eigenvalue weighted by Crippen LogP contribution is 2.24. The molecule has 0 aliphatic carbocycles. The van der Waals surface area contributed by atoms with Gasteiger partial charge in [-0.3, -0.25) is 9.59 Å². The maximum atomic E-state index is 12.2. The summed E-state index contributed by atoms with van der Waals surface area (Å²) < 4.78 is 32.3. The number of hydrazone groups is 1. The number of nitrogens with zero attached hydrogens (tertiary/aromatic N) is 1. The van der Waals surface area contributed by atoms with Crippen molar-refractivity contribution in [3.63, 3.8) is 0 Å². The number of furan rings is 1. The maximum absolute atomic E-state index is 12.2. The van der Waals surface area contributed by atoms with Crippen LogP contribution in [-0.2, 0) is 26.2 Å². The zero-order valence-corrected chi connectivity index (χ0v) is 18.5. The number of nitrogens with one attached hydrogen (secondary N) is 3. The lowest BCUT2D eigenvalue weighted by Crippen LogP contribution is -2.32. The zero-order chi connectivity index (χ0) is 23.1. The van der Waals surface area contributed by atoms with Crippen molar-refractivity contribution in [1.29, 1.82) is 0 Å². The summed E-state index contributed by atoms with van der Waals surface area (Å²) >= 11 is 11.6. The van der Waals surface area contributed by atoms with E-state index < -0.39 is 21.8 Å². The van der Waals surface area contributed by atoms with Gasteiger partial charge in [0.1, 0.15) is 11.5 Å². The number of halogens is 2. The first-order valence-corrected chi connectivity index (χ1v) is 11.2. The van der Waals surface area contributed by atoms with Crippen LogP contribution in [0.15, 0.2) is 75.1 Å². The Morgan fingerprint density at radius 1 is 0.969 bits per heavy atom. The van der Waals surface area contributed by atoms with Gasteiger partial charge in [-0.05, 0) is 42.5 Å². The normalized spacial score (nSPS) is 11.4. The molecular weight excluding hydrogens is 479 g/mol. The number of carbonyl (C=O) groups excluding carboxylic acids is 2. The number of amides is 2. The Balaban J connectivity index is 1.50. The van der Waals surface area contributed by atoms with E-state index in [1.165, 1.54) is 42.6 Å². The molecule has 166 valence electrons. The predicted molar refractivity (Wildman–Crippen MR) is 120 cm³/mol. The van der Waals surface area contributed by atoms with Crippen molar-refractivity contribution in [2.75, 3.05) is 5.32 Å². The standard InChI is InChI=1S/C20H16Cl2N4O5S/c21-17-9-6-13(10-18(17)22)25-19(27)20(28)26-23-11-14-7-8-15(31-14)12-24-32(29,30)16-4-2-1-3-5-16/h1-11,24H,12H2,(H,25,27)(H,26,28)/b23-11+. The molecule has 2 aromatic carbocycles. The van der Waals surface area contributed by atoms with Crippen LogP contribution in [0, 0.1) is 0 Å². The van der Waals surface area contributed by atoms with Crippen molar-refractivity contribution in [2.24, 2.45) is 5.10 Å². The minimum atomic E-state index is -3.68.